The molecule has 1 saturated heterocycles. The first-order chi connectivity index (χ1) is 25.8. The average molecular weight is 784 g/mol. The summed E-state index contributed by atoms with van der Waals surface area (Å²) < 4.78 is 16.7. The van der Waals surface area contributed by atoms with Crippen LogP contribution in [0.25, 0.3) is 0 Å². The fourth-order valence-electron chi connectivity index (χ4n) is 6.27. The summed E-state index contributed by atoms with van der Waals surface area (Å²) >= 11 is 1.08. The molecule has 0 bridgehead atoms. The maximum atomic E-state index is 14.8. The average Bonchev–Trinajstić information content (AvgIpc) is 3.65. The third-order valence-electron chi connectivity index (χ3n) is 9.72. The van der Waals surface area contributed by atoms with E-state index >= 15 is 0 Å². The molecule has 16 nitrogen and oxygen atoms in total. The smallest absolute Gasteiger partial charge is 0.407 e. The molecule has 1 aromatic heterocycles. The van der Waals surface area contributed by atoms with E-state index < -0.39 is 30.3 Å². The van der Waals surface area contributed by atoms with E-state index in [-0.39, 0.29) is 87.4 Å². The van der Waals surface area contributed by atoms with Crippen molar-refractivity contribution in [3.05, 3.63) is 16.1 Å². The molecule has 1 aromatic rings. The van der Waals surface area contributed by atoms with Gasteiger partial charge < -0.3 is 45.9 Å². The number of carboxylic acid groups (broad SMARTS) is 1. The number of nitrogens with one attached hydrogen (secondary N) is 3. The number of aromatic carboxylic acids is 1. The van der Waals surface area contributed by atoms with Gasteiger partial charge in [0.25, 0.3) is 0 Å². The quantitative estimate of drug-likeness (QED) is 0.0675. The number of carbonyl (C=O) groups is 5. The molecule has 0 radical (unpaired) electrons. The molecular formula is C37H65N7O9S. The van der Waals surface area contributed by atoms with Crippen LogP contribution in [0.1, 0.15) is 114 Å². The number of rotatable bonds is 26. The number of piperidine rings is 1. The predicted octanol–water partition coefficient (Wildman–Crippen LogP) is 3.51. The Balaban J connectivity index is 2.27. The van der Waals surface area contributed by atoms with E-state index in [4.69, 9.17) is 19.9 Å². The highest BCUT2D eigenvalue weighted by atomic mass is 32.1. The van der Waals surface area contributed by atoms with Gasteiger partial charge in [-0.15, -0.1) is 11.3 Å². The van der Waals surface area contributed by atoms with Gasteiger partial charge in [0.15, 0.2) is 11.8 Å². The van der Waals surface area contributed by atoms with Crippen molar-refractivity contribution in [2.45, 2.75) is 117 Å². The van der Waals surface area contributed by atoms with Gasteiger partial charge in [-0.1, -0.05) is 66.7 Å². The number of likely N-dealkylation sites (N-methyl/N-ethyl adjacent to an activating group) is 1. The molecule has 5 atom stereocenters. The van der Waals surface area contributed by atoms with Crippen LogP contribution < -0.4 is 21.7 Å². The summed E-state index contributed by atoms with van der Waals surface area (Å²) in [5.74, 6) is -2.08. The summed E-state index contributed by atoms with van der Waals surface area (Å²) in [6.45, 7) is 12.0. The number of alkyl carbamates (subject to hydrolysis) is 1. The van der Waals surface area contributed by atoms with Crippen LogP contribution in [0.2, 0.25) is 0 Å². The molecule has 17 heteroatoms. The lowest BCUT2D eigenvalue weighted by atomic mass is 9.91. The van der Waals surface area contributed by atoms with Crippen molar-refractivity contribution in [1.82, 2.24) is 30.7 Å². The van der Waals surface area contributed by atoms with Gasteiger partial charge in [-0.2, -0.15) is 0 Å². The number of aromatic nitrogens is 1. The number of carboxylic acids is 1. The van der Waals surface area contributed by atoms with Gasteiger partial charge in [0.1, 0.15) is 17.8 Å². The van der Waals surface area contributed by atoms with Gasteiger partial charge in [0.2, 0.25) is 17.7 Å². The number of unbranched alkanes of at least 4 members (excludes halogenated alkanes) is 3. The van der Waals surface area contributed by atoms with E-state index in [9.17, 15) is 29.1 Å². The monoisotopic (exact) mass is 783 g/mol. The fourth-order valence-corrected chi connectivity index (χ4v) is 7.10. The molecule has 6 N–H and O–H groups in total. The lowest BCUT2D eigenvalue weighted by Crippen LogP contribution is -2.59. The normalized spacial score (nSPS) is 16.9. The van der Waals surface area contributed by atoms with Crippen molar-refractivity contribution in [2.24, 2.45) is 17.6 Å². The first kappa shape index (κ1) is 46.8. The molecule has 0 spiro atoms. The highest BCUT2D eigenvalue weighted by Crippen LogP contribution is 2.32. The second-order valence-corrected chi connectivity index (χ2v) is 15.1. The van der Waals surface area contributed by atoms with Crippen molar-refractivity contribution in [3.63, 3.8) is 0 Å². The Morgan fingerprint density at radius 1 is 1.06 bits per heavy atom. The number of hydrogen-bond acceptors (Lipinski definition) is 12. The highest BCUT2D eigenvalue weighted by Gasteiger charge is 2.38. The lowest BCUT2D eigenvalue weighted by Gasteiger charge is -2.40. The van der Waals surface area contributed by atoms with E-state index in [0.29, 0.717) is 18.0 Å². The zero-order valence-electron chi connectivity index (χ0n) is 33.1. The Kier molecular flexibility index (Phi) is 22.2. The number of thiazole rings is 1. The summed E-state index contributed by atoms with van der Waals surface area (Å²) in [5, 5.41) is 19.6. The molecular weight excluding hydrogens is 719 g/mol. The number of ether oxygens (including phenoxy) is 3. The molecule has 2 heterocycles. The van der Waals surface area contributed by atoms with Crippen LogP contribution in [0.5, 0.6) is 0 Å². The number of carbonyl (C=O) groups excluding carboxylic acids is 4. The maximum Gasteiger partial charge on any atom is 0.407 e. The SMILES string of the molecule is CCCCCCN(C(=O)[C@@H](NC(=O)[C@H]1CCCCN1C)[C@@H](C)CC)[C@H](C[C@@H](OC(=O)NCCOCCOCNC(=O)CN)c1nc(C(=O)O)cs1)C(C)C. The van der Waals surface area contributed by atoms with Crippen molar-refractivity contribution in [2.75, 3.05) is 59.8 Å². The minimum Gasteiger partial charge on any atom is -0.476 e. The summed E-state index contributed by atoms with van der Waals surface area (Å²) in [6.07, 6.45) is 5.58. The number of likely N-dealkylation sites (tertiary alicyclic amines) is 1. The summed E-state index contributed by atoms with van der Waals surface area (Å²) in [4.78, 5) is 72.7. The highest BCUT2D eigenvalue weighted by molar-refractivity contribution is 7.09. The number of nitrogens with zero attached hydrogens (tertiary/aromatic N) is 3. The molecule has 1 aliphatic rings. The van der Waals surface area contributed by atoms with Crippen molar-refractivity contribution in [3.8, 4) is 0 Å². The van der Waals surface area contributed by atoms with Crippen molar-refractivity contribution in [1.29, 1.82) is 0 Å². The second-order valence-electron chi connectivity index (χ2n) is 14.2. The van der Waals surface area contributed by atoms with Gasteiger partial charge in [-0.3, -0.25) is 19.3 Å². The molecule has 0 aromatic carbocycles. The molecule has 0 aliphatic carbocycles. The molecule has 0 unspecified atom stereocenters. The van der Waals surface area contributed by atoms with Gasteiger partial charge >= 0.3 is 12.1 Å². The van der Waals surface area contributed by atoms with Crippen LogP contribution >= 0.6 is 11.3 Å². The third kappa shape index (κ3) is 16.2. The summed E-state index contributed by atoms with van der Waals surface area (Å²) in [7, 11) is 1.95. The van der Waals surface area contributed by atoms with Crippen molar-refractivity contribution < 1.29 is 43.3 Å². The van der Waals surface area contributed by atoms with Crippen molar-refractivity contribution >= 4 is 41.1 Å². The van der Waals surface area contributed by atoms with Crippen LogP contribution in [-0.2, 0) is 28.6 Å². The van der Waals surface area contributed by atoms with Crippen LogP contribution in [0.4, 0.5) is 4.79 Å². The third-order valence-corrected chi connectivity index (χ3v) is 10.7. The molecule has 54 heavy (non-hydrogen) atoms. The Hall–Kier alpha value is -3.38. The van der Waals surface area contributed by atoms with E-state index in [1.807, 2.05) is 39.6 Å². The van der Waals surface area contributed by atoms with E-state index in [1.54, 1.807) is 0 Å². The Morgan fingerprint density at radius 2 is 1.80 bits per heavy atom. The Morgan fingerprint density at radius 3 is 2.43 bits per heavy atom. The lowest BCUT2D eigenvalue weighted by molar-refractivity contribution is -0.142. The Bertz CT molecular complexity index is 1300. The van der Waals surface area contributed by atoms with E-state index in [2.05, 4.69) is 32.8 Å². The standard InChI is InChI=1S/C37H65N7O9S/c1-7-9-10-12-17-44(35(47)32(26(5)8-2)42-33(46)28-14-11-13-16-43(28)6)29(25(3)4)21-30(34-41-27(23-54-34)36(48)49)53-37(50)39-15-18-51-19-20-52-24-40-31(45)22-38/h23,25-26,28-30,32H,7-22,24,38H2,1-6H3,(H,39,50)(H,40,45)(H,42,46)(H,48,49)/t26-,28+,29+,30+,32-/m0/s1. The van der Waals surface area contributed by atoms with Crippen LogP contribution in [0.15, 0.2) is 5.38 Å². The van der Waals surface area contributed by atoms with E-state index in [0.717, 1.165) is 62.8 Å². The summed E-state index contributed by atoms with van der Waals surface area (Å²) in [5.41, 5.74) is 5.06. The maximum absolute atomic E-state index is 14.8. The topological polar surface area (TPSA) is 215 Å². The zero-order valence-corrected chi connectivity index (χ0v) is 33.9. The number of hydrogen-bond donors (Lipinski definition) is 5. The fraction of sp³-hybridized carbons (Fsp3) is 0.784. The molecule has 1 fully saturated rings. The molecule has 0 saturated carbocycles. The number of nitrogens with two attached hydrogens (primary N) is 1. The van der Waals surface area contributed by atoms with E-state index in [1.165, 1.54) is 5.38 Å². The first-order valence-electron chi connectivity index (χ1n) is 19.4. The van der Waals surface area contributed by atoms with Gasteiger partial charge in [0, 0.05) is 30.9 Å². The van der Waals surface area contributed by atoms with Gasteiger partial charge in [0.05, 0.1) is 32.4 Å². The zero-order chi connectivity index (χ0) is 40.0. The largest absolute Gasteiger partial charge is 0.476 e. The van der Waals surface area contributed by atoms with Crippen LogP contribution in [0.3, 0.4) is 0 Å². The molecule has 2 rings (SSSR count). The van der Waals surface area contributed by atoms with Crippen LogP contribution in [0, 0.1) is 11.8 Å². The molecule has 4 amide bonds. The summed E-state index contributed by atoms with van der Waals surface area (Å²) in [6, 6.07) is -1.48. The van der Waals surface area contributed by atoms with Gasteiger partial charge in [-0.25, -0.2) is 14.6 Å². The number of amides is 4. The predicted molar refractivity (Wildman–Crippen MR) is 206 cm³/mol. The Labute approximate surface area is 324 Å². The minimum atomic E-state index is -1.20. The first-order valence-corrected chi connectivity index (χ1v) is 20.3. The van der Waals surface area contributed by atoms with Crippen LogP contribution in [-0.4, -0.2) is 128 Å². The minimum absolute atomic E-state index is 0.00975. The van der Waals surface area contributed by atoms with Gasteiger partial charge in [-0.05, 0) is 44.7 Å². The second kappa shape index (κ2) is 25.7. The molecule has 1 aliphatic heterocycles. The molecule has 308 valence electrons.